The van der Waals surface area contributed by atoms with Gasteiger partial charge in [-0.3, -0.25) is 9.78 Å². The van der Waals surface area contributed by atoms with Crippen molar-refractivity contribution in [1.82, 2.24) is 20.3 Å². The molecule has 19 heavy (non-hydrogen) atoms. The van der Waals surface area contributed by atoms with Crippen LogP contribution in [0.1, 0.15) is 24.2 Å². The van der Waals surface area contributed by atoms with Gasteiger partial charge in [0.2, 0.25) is 0 Å². The molecular weight excluding hydrogens is 242 g/mol. The van der Waals surface area contributed by atoms with Crippen LogP contribution in [0.15, 0.2) is 30.7 Å². The lowest BCUT2D eigenvalue weighted by atomic mass is 10.2. The SMILES string of the molecule is CC(C)NC(=O)c1cnc(-c2cccnc2)nc1N. The van der Waals surface area contributed by atoms with Crippen LogP contribution in [0.3, 0.4) is 0 Å². The smallest absolute Gasteiger partial charge is 0.256 e. The fourth-order valence-corrected chi connectivity index (χ4v) is 1.54. The van der Waals surface area contributed by atoms with Gasteiger partial charge in [-0.15, -0.1) is 0 Å². The Balaban J connectivity index is 2.30. The Morgan fingerprint density at radius 3 is 2.74 bits per heavy atom. The van der Waals surface area contributed by atoms with Crippen LogP contribution in [-0.4, -0.2) is 26.9 Å². The second-order valence-corrected chi connectivity index (χ2v) is 4.36. The number of nitrogens with zero attached hydrogens (tertiary/aromatic N) is 3. The molecule has 0 bridgehead atoms. The van der Waals surface area contributed by atoms with E-state index in [2.05, 4.69) is 20.3 Å². The standard InChI is InChI=1S/C13H15N5O/c1-8(2)17-13(19)10-7-16-12(18-11(10)14)9-4-3-5-15-6-9/h3-8H,1-2H3,(H,17,19)(H2,14,16,18). The molecule has 1 amide bonds. The number of hydrogen-bond donors (Lipinski definition) is 2. The van der Waals surface area contributed by atoms with Crippen molar-refractivity contribution in [2.75, 3.05) is 5.73 Å². The molecule has 2 aromatic heterocycles. The highest BCUT2D eigenvalue weighted by Gasteiger charge is 2.13. The number of anilines is 1. The van der Waals surface area contributed by atoms with Gasteiger partial charge in [0.05, 0.1) is 5.56 Å². The summed E-state index contributed by atoms with van der Waals surface area (Å²) in [7, 11) is 0. The summed E-state index contributed by atoms with van der Waals surface area (Å²) < 4.78 is 0. The van der Waals surface area contributed by atoms with Gasteiger partial charge in [-0.05, 0) is 26.0 Å². The maximum atomic E-state index is 11.8. The van der Waals surface area contributed by atoms with Gasteiger partial charge >= 0.3 is 0 Å². The Bertz CT molecular complexity index is 583. The van der Waals surface area contributed by atoms with E-state index < -0.39 is 0 Å². The molecule has 0 aliphatic carbocycles. The van der Waals surface area contributed by atoms with Crippen LogP contribution in [-0.2, 0) is 0 Å². The number of carbonyl (C=O) groups excluding carboxylic acids is 1. The zero-order chi connectivity index (χ0) is 13.8. The van der Waals surface area contributed by atoms with Gasteiger partial charge < -0.3 is 11.1 Å². The van der Waals surface area contributed by atoms with Crippen LogP contribution < -0.4 is 11.1 Å². The van der Waals surface area contributed by atoms with Crippen molar-refractivity contribution in [2.24, 2.45) is 0 Å². The van der Waals surface area contributed by atoms with Gasteiger partial charge in [-0.1, -0.05) is 0 Å². The molecule has 0 spiro atoms. The molecule has 0 saturated carbocycles. The zero-order valence-corrected chi connectivity index (χ0v) is 10.8. The number of nitrogen functional groups attached to an aromatic ring is 1. The van der Waals surface area contributed by atoms with Crippen LogP contribution in [0.5, 0.6) is 0 Å². The van der Waals surface area contributed by atoms with Crippen LogP contribution in [0, 0.1) is 0 Å². The number of amides is 1. The first-order valence-corrected chi connectivity index (χ1v) is 5.91. The maximum Gasteiger partial charge on any atom is 0.256 e. The quantitative estimate of drug-likeness (QED) is 0.863. The normalized spacial score (nSPS) is 10.5. The van der Waals surface area contributed by atoms with Crippen molar-refractivity contribution in [3.63, 3.8) is 0 Å². The Morgan fingerprint density at radius 2 is 2.16 bits per heavy atom. The van der Waals surface area contributed by atoms with Gasteiger partial charge in [0.25, 0.3) is 5.91 Å². The summed E-state index contributed by atoms with van der Waals surface area (Å²) in [5.41, 5.74) is 6.84. The van der Waals surface area contributed by atoms with E-state index in [0.29, 0.717) is 5.82 Å². The second-order valence-electron chi connectivity index (χ2n) is 4.36. The summed E-state index contributed by atoms with van der Waals surface area (Å²) in [5.74, 6) is 0.337. The van der Waals surface area contributed by atoms with Crippen molar-refractivity contribution in [2.45, 2.75) is 19.9 Å². The first-order chi connectivity index (χ1) is 9.08. The predicted octanol–water partition coefficient (Wildman–Crippen LogP) is 1.26. The highest BCUT2D eigenvalue weighted by Crippen LogP contribution is 2.16. The summed E-state index contributed by atoms with van der Waals surface area (Å²) in [6.07, 6.45) is 4.74. The molecule has 2 rings (SSSR count). The third-order valence-corrected chi connectivity index (χ3v) is 2.40. The van der Waals surface area contributed by atoms with E-state index in [9.17, 15) is 4.79 Å². The van der Waals surface area contributed by atoms with Crippen molar-refractivity contribution in [3.05, 3.63) is 36.3 Å². The minimum Gasteiger partial charge on any atom is -0.383 e. The van der Waals surface area contributed by atoms with Crippen LogP contribution in [0.4, 0.5) is 5.82 Å². The van der Waals surface area contributed by atoms with E-state index in [1.807, 2.05) is 19.9 Å². The average molecular weight is 257 g/mol. The minimum absolute atomic E-state index is 0.0323. The molecule has 0 aromatic carbocycles. The number of rotatable bonds is 3. The molecule has 0 fully saturated rings. The van der Waals surface area contributed by atoms with E-state index in [-0.39, 0.29) is 23.3 Å². The Kier molecular flexibility index (Phi) is 3.70. The molecule has 2 aromatic rings. The lowest BCUT2D eigenvalue weighted by Gasteiger charge is -2.10. The fourth-order valence-electron chi connectivity index (χ4n) is 1.54. The first-order valence-electron chi connectivity index (χ1n) is 5.91. The highest BCUT2D eigenvalue weighted by atomic mass is 16.1. The van der Waals surface area contributed by atoms with Crippen molar-refractivity contribution in [3.8, 4) is 11.4 Å². The summed E-state index contributed by atoms with van der Waals surface area (Å²) in [5, 5.41) is 2.75. The lowest BCUT2D eigenvalue weighted by molar-refractivity contribution is 0.0943. The minimum atomic E-state index is -0.273. The Labute approximate surface area is 111 Å². The maximum absolute atomic E-state index is 11.8. The van der Waals surface area contributed by atoms with E-state index in [0.717, 1.165) is 5.56 Å². The number of aromatic nitrogens is 3. The number of hydrogen-bond acceptors (Lipinski definition) is 5. The van der Waals surface area contributed by atoms with E-state index in [1.165, 1.54) is 6.20 Å². The molecule has 6 heteroatoms. The lowest BCUT2D eigenvalue weighted by Crippen LogP contribution is -2.31. The molecule has 0 radical (unpaired) electrons. The summed E-state index contributed by atoms with van der Waals surface area (Å²) in [6, 6.07) is 3.65. The number of nitrogens with two attached hydrogens (primary N) is 1. The van der Waals surface area contributed by atoms with Crippen LogP contribution in [0.2, 0.25) is 0 Å². The Morgan fingerprint density at radius 1 is 1.37 bits per heavy atom. The fraction of sp³-hybridized carbons (Fsp3) is 0.231. The number of carbonyl (C=O) groups is 1. The summed E-state index contributed by atoms with van der Waals surface area (Å²) >= 11 is 0. The van der Waals surface area contributed by atoms with E-state index in [1.54, 1.807) is 18.5 Å². The van der Waals surface area contributed by atoms with Gasteiger partial charge in [0, 0.05) is 30.2 Å². The molecule has 0 aliphatic heterocycles. The van der Waals surface area contributed by atoms with Crippen molar-refractivity contribution in [1.29, 1.82) is 0 Å². The topological polar surface area (TPSA) is 93.8 Å². The molecule has 0 aliphatic rings. The van der Waals surface area contributed by atoms with Crippen molar-refractivity contribution >= 4 is 11.7 Å². The van der Waals surface area contributed by atoms with Crippen molar-refractivity contribution < 1.29 is 4.79 Å². The van der Waals surface area contributed by atoms with Gasteiger partial charge in [0.1, 0.15) is 5.82 Å². The van der Waals surface area contributed by atoms with E-state index >= 15 is 0 Å². The first kappa shape index (κ1) is 12.9. The summed E-state index contributed by atoms with van der Waals surface area (Å²) in [4.78, 5) is 24.1. The van der Waals surface area contributed by atoms with Crippen LogP contribution >= 0.6 is 0 Å². The van der Waals surface area contributed by atoms with Crippen LogP contribution in [0.25, 0.3) is 11.4 Å². The third kappa shape index (κ3) is 3.04. The summed E-state index contributed by atoms with van der Waals surface area (Å²) in [6.45, 7) is 3.75. The molecule has 98 valence electrons. The second kappa shape index (κ2) is 5.43. The molecule has 0 atom stereocenters. The molecular formula is C13H15N5O. The molecule has 6 nitrogen and oxygen atoms in total. The zero-order valence-electron chi connectivity index (χ0n) is 10.8. The van der Waals surface area contributed by atoms with Gasteiger partial charge in [-0.2, -0.15) is 0 Å². The largest absolute Gasteiger partial charge is 0.383 e. The van der Waals surface area contributed by atoms with E-state index in [4.69, 9.17) is 5.73 Å². The number of nitrogens with one attached hydrogen (secondary N) is 1. The molecule has 0 saturated heterocycles. The van der Waals surface area contributed by atoms with Gasteiger partial charge in [-0.25, -0.2) is 9.97 Å². The average Bonchev–Trinajstić information content (AvgIpc) is 2.38. The molecule has 2 heterocycles. The third-order valence-electron chi connectivity index (χ3n) is 2.40. The molecule has 0 unspecified atom stereocenters. The Hall–Kier alpha value is -2.50. The molecule has 3 N–H and O–H groups in total. The highest BCUT2D eigenvalue weighted by molar-refractivity contribution is 5.98. The predicted molar refractivity (Wildman–Crippen MR) is 72.3 cm³/mol. The number of pyridine rings is 1. The van der Waals surface area contributed by atoms with Gasteiger partial charge in [0.15, 0.2) is 5.82 Å². The monoisotopic (exact) mass is 257 g/mol.